The number of fused-ring (bicyclic) bond motifs is 7. The van der Waals surface area contributed by atoms with Gasteiger partial charge in [0.1, 0.15) is 22.3 Å². The summed E-state index contributed by atoms with van der Waals surface area (Å²) in [7, 11) is 0. The van der Waals surface area contributed by atoms with Crippen LogP contribution in [-0.4, -0.2) is 0 Å². The summed E-state index contributed by atoms with van der Waals surface area (Å²) in [5.41, 5.74) is 9.16. The summed E-state index contributed by atoms with van der Waals surface area (Å²) < 4.78 is 12.5. The number of para-hydroxylation sites is 2. The molecule has 2 aromatic heterocycles. The maximum Gasteiger partial charge on any atom is 0.136 e. The normalized spacial score (nSPS) is 11.7. The van der Waals surface area contributed by atoms with E-state index in [1.165, 1.54) is 11.1 Å². The van der Waals surface area contributed by atoms with Crippen molar-refractivity contribution in [1.29, 1.82) is 0 Å². The third-order valence-corrected chi connectivity index (χ3v) is 8.45. The lowest BCUT2D eigenvalue weighted by Crippen LogP contribution is -2.10. The Hall–Kier alpha value is -5.80. The zero-order valence-corrected chi connectivity index (χ0v) is 23.2. The SMILES string of the molecule is c1ccc(-c2ccc(N(c3ccc4oc5ccccc5c4c3)c3cccc4cc5c(cc34)oc3ccccc35)cc2)cc1. The Kier molecular flexibility index (Phi) is 5.20. The topological polar surface area (TPSA) is 29.5 Å². The van der Waals surface area contributed by atoms with Crippen LogP contribution in [0.4, 0.5) is 17.1 Å². The van der Waals surface area contributed by atoms with Crippen LogP contribution in [0.25, 0.3) is 65.8 Å². The van der Waals surface area contributed by atoms with Crippen molar-refractivity contribution in [3.8, 4) is 11.1 Å². The molecule has 3 nitrogen and oxygen atoms in total. The molecule has 43 heavy (non-hydrogen) atoms. The fourth-order valence-electron chi connectivity index (χ4n) is 6.39. The summed E-state index contributed by atoms with van der Waals surface area (Å²) in [5.74, 6) is 0. The molecule has 0 fully saturated rings. The fourth-order valence-corrected chi connectivity index (χ4v) is 6.39. The van der Waals surface area contributed by atoms with Gasteiger partial charge < -0.3 is 13.7 Å². The van der Waals surface area contributed by atoms with Crippen molar-refractivity contribution in [2.45, 2.75) is 0 Å². The molecule has 9 rings (SSSR count). The Balaban J connectivity index is 1.29. The number of benzene rings is 7. The Bertz CT molecular complexity index is 2450. The van der Waals surface area contributed by atoms with Gasteiger partial charge in [-0.25, -0.2) is 0 Å². The lowest BCUT2D eigenvalue weighted by Gasteiger charge is -2.27. The van der Waals surface area contributed by atoms with Crippen molar-refractivity contribution >= 4 is 71.7 Å². The van der Waals surface area contributed by atoms with Crippen LogP contribution >= 0.6 is 0 Å². The molecule has 0 spiro atoms. The molecule has 0 amide bonds. The first-order valence-corrected chi connectivity index (χ1v) is 14.5. The van der Waals surface area contributed by atoms with Crippen molar-refractivity contribution in [1.82, 2.24) is 0 Å². The van der Waals surface area contributed by atoms with E-state index in [1.54, 1.807) is 0 Å². The number of hydrogen-bond donors (Lipinski definition) is 0. The lowest BCUT2D eigenvalue weighted by atomic mass is 10.0. The number of anilines is 3. The van der Waals surface area contributed by atoms with Crippen LogP contribution in [0.5, 0.6) is 0 Å². The van der Waals surface area contributed by atoms with E-state index in [0.717, 1.165) is 71.7 Å². The molecule has 3 heteroatoms. The molecule has 0 aliphatic heterocycles. The van der Waals surface area contributed by atoms with Crippen molar-refractivity contribution in [3.05, 3.63) is 152 Å². The molecule has 0 N–H and O–H groups in total. The molecule has 0 saturated carbocycles. The number of furan rings is 2. The van der Waals surface area contributed by atoms with Gasteiger partial charge in [-0.3, -0.25) is 0 Å². The highest BCUT2D eigenvalue weighted by Crippen LogP contribution is 2.43. The van der Waals surface area contributed by atoms with Gasteiger partial charge in [0.25, 0.3) is 0 Å². The molecule has 0 radical (unpaired) electrons. The third kappa shape index (κ3) is 3.83. The minimum Gasteiger partial charge on any atom is -0.456 e. The summed E-state index contributed by atoms with van der Waals surface area (Å²) >= 11 is 0. The molecule has 202 valence electrons. The van der Waals surface area contributed by atoms with E-state index in [1.807, 2.05) is 24.3 Å². The molecular formula is C40H25NO2. The largest absolute Gasteiger partial charge is 0.456 e. The quantitative estimate of drug-likeness (QED) is 0.218. The molecular weight excluding hydrogens is 526 g/mol. The van der Waals surface area contributed by atoms with Gasteiger partial charge in [0.2, 0.25) is 0 Å². The molecule has 0 unspecified atom stereocenters. The number of hydrogen-bond acceptors (Lipinski definition) is 3. The van der Waals surface area contributed by atoms with Gasteiger partial charge >= 0.3 is 0 Å². The Morgan fingerprint density at radius 3 is 1.72 bits per heavy atom. The average molecular weight is 552 g/mol. The summed E-state index contributed by atoms with van der Waals surface area (Å²) in [6, 6.07) is 53.2. The van der Waals surface area contributed by atoms with Gasteiger partial charge in [-0.1, -0.05) is 91.0 Å². The first-order chi connectivity index (χ1) is 21.3. The van der Waals surface area contributed by atoms with Crippen LogP contribution in [0.15, 0.2) is 160 Å². The van der Waals surface area contributed by atoms with Crippen molar-refractivity contribution in [3.63, 3.8) is 0 Å². The third-order valence-electron chi connectivity index (χ3n) is 8.45. The minimum atomic E-state index is 0.881. The molecule has 9 aromatic rings. The van der Waals surface area contributed by atoms with E-state index >= 15 is 0 Å². The second-order valence-electron chi connectivity index (χ2n) is 11.0. The van der Waals surface area contributed by atoms with Gasteiger partial charge in [0.05, 0.1) is 5.69 Å². The summed E-state index contributed by atoms with van der Waals surface area (Å²) in [4.78, 5) is 2.34. The predicted molar refractivity (Wildman–Crippen MR) is 179 cm³/mol. The van der Waals surface area contributed by atoms with Crippen LogP contribution < -0.4 is 4.90 Å². The van der Waals surface area contributed by atoms with E-state index in [-0.39, 0.29) is 0 Å². The number of rotatable bonds is 4. The molecule has 0 aliphatic rings. The average Bonchev–Trinajstić information content (AvgIpc) is 3.62. The second-order valence-corrected chi connectivity index (χ2v) is 11.0. The number of nitrogens with zero attached hydrogens (tertiary/aromatic N) is 1. The highest BCUT2D eigenvalue weighted by atomic mass is 16.3. The van der Waals surface area contributed by atoms with Crippen molar-refractivity contribution in [2.75, 3.05) is 4.90 Å². The zero-order valence-electron chi connectivity index (χ0n) is 23.2. The van der Waals surface area contributed by atoms with E-state index in [2.05, 4.69) is 132 Å². The molecule has 0 atom stereocenters. The van der Waals surface area contributed by atoms with Gasteiger partial charge in [0.15, 0.2) is 0 Å². The summed E-state index contributed by atoms with van der Waals surface area (Å²) in [6.07, 6.45) is 0. The fraction of sp³-hybridized carbons (Fsp3) is 0. The molecule has 0 aliphatic carbocycles. The zero-order chi connectivity index (χ0) is 28.3. The second kappa shape index (κ2) is 9.37. The Morgan fingerprint density at radius 2 is 0.953 bits per heavy atom. The first kappa shape index (κ1) is 23.9. The van der Waals surface area contributed by atoms with Crippen LogP contribution in [0.1, 0.15) is 0 Å². The van der Waals surface area contributed by atoms with E-state index in [4.69, 9.17) is 8.83 Å². The van der Waals surface area contributed by atoms with E-state index in [0.29, 0.717) is 0 Å². The molecule has 0 saturated heterocycles. The van der Waals surface area contributed by atoms with Gasteiger partial charge in [-0.05, 0) is 77.2 Å². The molecule has 2 heterocycles. The lowest BCUT2D eigenvalue weighted by molar-refractivity contribution is 0.669. The van der Waals surface area contributed by atoms with E-state index < -0.39 is 0 Å². The highest BCUT2D eigenvalue weighted by Gasteiger charge is 2.19. The van der Waals surface area contributed by atoms with Crippen LogP contribution in [0, 0.1) is 0 Å². The molecule has 7 aromatic carbocycles. The van der Waals surface area contributed by atoms with Gasteiger partial charge in [-0.15, -0.1) is 0 Å². The van der Waals surface area contributed by atoms with E-state index in [9.17, 15) is 0 Å². The monoisotopic (exact) mass is 551 g/mol. The Labute approximate surface area is 247 Å². The standard InChI is InChI=1S/C40H25NO2/c1-2-9-26(10-3-1)27-17-19-29(20-18-27)41(30-21-22-39-35(24-30)32-13-5-6-15-37(32)42-39)36-14-8-11-28-23-34-31-12-4-7-16-38(31)43-40(34)25-33(28)36/h1-25H. The predicted octanol–water partition coefficient (Wildman–Crippen LogP) is 11.8. The smallest absolute Gasteiger partial charge is 0.136 e. The minimum absolute atomic E-state index is 0.881. The molecule has 0 bridgehead atoms. The Morgan fingerprint density at radius 1 is 0.349 bits per heavy atom. The van der Waals surface area contributed by atoms with Crippen molar-refractivity contribution < 1.29 is 8.83 Å². The van der Waals surface area contributed by atoms with Crippen LogP contribution in [0.3, 0.4) is 0 Å². The van der Waals surface area contributed by atoms with Crippen LogP contribution in [-0.2, 0) is 0 Å². The maximum absolute atomic E-state index is 6.34. The first-order valence-electron chi connectivity index (χ1n) is 14.5. The van der Waals surface area contributed by atoms with Crippen LogP contribution in [0.2, 0.25) is 0 Å². The van der Waals surface area contributed by atoms with Crippen molar-refractivity contribution in [2.24, 2.45) is 0 Å². The highest BCUT2D eigenvalue weighted by molar-refractivity contribution is 6.13. The summed E-state index contributed by atoms with van der Waals surface area (Å²) in [6.45, 7) is 0. The summed E-state index contributed by atoms with van der Waals surface area (Å²) in [5, 5.41) is 6.76. The van der Waals surface area contributed by atoms with Gasteiger partial charge in [0, 0.05) is 38.3 Å². The van der Waals surface area contributed by atoms with Gasteiger partial charge in [-0.2, -0.15) is 0 Å². The maximum atomic E-state index is 6.34.